The molecule has 1 amide bonds. The Bertz CT molecular complexity index is 650. The van der Waals surface area contributed by atoms with Crippen molar-refractivity contribution in [3.8, 4) is 0 Å². The van der Waals surface area contributed by atoms with Gasteiger partial charge < -0.3 is 5.32 Å². The predicted molar refractivity (Wildman–Crippen MR) is 96.1 cm³/mol. The smallest absolute Gasteiger partial charge is 0.263 e. The summed E-state index contributed by atoms with van der Waals surface area (Å²) in [7, 11) is 0. The molecule has 1 aliphatic heterocycles. The van der Waals surface area contributed by atoms with Crippen molar-refractivity contribution in [2.75, 3.05) is 13.1 Å². The summed E-state index contributed by atoms with van der Waals surface area (Å²) in [6, 6.07) is 6.29. The number of carbonyl (C=O) groups excluding carboxylic acids is 1. The summed E-state index contributed by atoms with van der Waals surface area (Å²) >= 11 is 1.51. The van der Waals surface area contributed by atoms with Gasteiger partial charge in [0, 0.05) is 31.9 Å². The lowest BCUT2D eigenvalue weighted by molar-refractivity contribution is 0.0912. The Morgan fingerprint density at radius 1 is 1.33 bits per heavy atom. The first kappa shape index (κ1) is 17.0. The van der Waals surface area contributed by atoms with Crippen LogP contribution in [0.5, 0.6) is 0 Å². The van der Waals surface area contributed by atoms with Gasteiger partial charge in [-0.1, -0.05) is 13.0 Å². The molecule has 0 radical (unpaired) electrons. The normalized spacial score (nSPS) is 16.2. The van der Waals surface area contributed by atoms with Crippen molar-refractivity contribution in [3.63, 3.8) is 0 Å². The van der Waals surface area contributed by atoms with Crippen LogP contribution in [0.25, 0.3) is 0 Å². The highest BCUT2D eigenvalue weighted by molar-refractivity contribution is 7.13. The molecule has 3 heterocycles. The molecule has 2 aromatic heterocycles. The summed E-state index contributed by atoms with van der Waals surface area (Å²) in [6.07, 6.45) is 7.52. The van der Waals surface area contributed by atoms with Crippen LogP contribution < -0.4 is 5.32 Å². The number of piperidine rings is 1. The van der Waals surface area contributed by atoms with Crippen molar-refractivity contribution in [3.05, 3.63) is 46.2 Å². The summed E-state index contributed by atoms with van der Waals surface area (Å²) in [6.45, 7) is 4.99. The second-order valence-electron chi connectivity index (χ2n) is 6.21. The Balaban J connectivity index is 1.45. The number of amides is 1. The van der Waals surface area contributed by atoms with Gasteiger partial charge in [-0.15, -0.1) is 11.3 Å². The molecule has 0 bridgehead atoms. The Hall–Kier alpha value is -1.79. The average molecular weight is 344 g/mol. The van der Waals surface area contributed by atoms with E-state index in [1.54, 1.807) is 6.20 Å². The van der Waals surface area contributed by atoms with Crippen LogP contribution >= 0.6 is 11.3 Å². The number of hydrogen-bond acceptors (Lipinski definition) is 5. The van der Waals surface area contributed by atoms with Crippen LogP contribution in [0.4, 0.5) is 0 Å². The van der Waals surface area contributed by atoms with Gasteiger partial charge in [-0.25, -0.2) is 4.98 Å². The van der Waals surface area contributed by atoms with Crippen LogP contribution in [0.1, 0.15) is 46.6 Å². The molecule has 2 aromatic rings. The standard InChI is InChI=1S/C18H24N4OS/c1-2-5-17-20-12-16(24-17)18(23)21-14-7-10-22(11-8-14)13-15-6-3-4-9-19-15/h3-4,6,9,12,14H,2,5,7-8,10-11,13H2,1H3,(H,21,23). The average Bonchev–Trinajstić information content (AvgIpc) is 3.07. The molecule has 128 valence electrons. The topological polar surface area (TPSA) is 58.1 Å². The fraction of sp³-hybridized carbons (Fsp3) is 0.500. The molecule has 1 fully saturated rings. The highest BCUT2D eigenvalue weighted by atomic mass is 32.1. The Labute approximate surface area is 147 Å². The van der Waals surface area contributed by atoms with E-state index in [2.05, 4.69) is 33.2 Å². The van der Waals surface area contributed by atoms with Crippen LogP contribution in [0.2, 0.25) is 0 Å². The number of nitrogens with one attached hydrogen (secondary N) is 1. The van der Waals surface area contributed by atoms with Crippen molar-refractivity contribution >= 4 is 17.2 Å². The van der Waals surface area contributed by atoms with Gasteiger partial charge in [-0.3, -0.25) is 14.7 Å². The van der Waals surface area contributed by atoms with Gasteiger partial charge in [-0.05, 0) is 37.8 Å². The highest BCUT2D eigenvalue weighted by Gasteiger charge is 2.22. The number of thiazole rings is 1. The molecule has 0 spiro atoms. The molecular formula is C18H24N4OS. The van der Waals surface area contributed by atoms with Gasteiger partial charge >= 0.3 is 0 Å². The fourth-order valence-electron chi connectivity index (χ4n) is 2.96. The van der Waals surface area contributed by atoms with Crippen molar-refractivity contribution in [2.24, 2.45) is 0 Å². The van der Waals surface area contributed by atoms with E-state index < -0.39 is 0 Å². The third-order valence-corrected chi connectivity index (χ3v) is 5.33. The maximum absolute atomic E-state index is 12.3. The first-order chi connectivity index (χ1) is 11.7. The van der Waals surface area contributed by atoms with Crippen LogP contribution in [0.15, 0.2) is 30.6 Å². The lowest BCUT2D eigenvalue weighted by Crippen LogP contribution is -2.44. The summed E-state index contributed by atoms with van der Waals surface area (Å²) in [5.74, 6) is 0.0260. The minimum atomic E-state index is 0.0260. The zero-order valence-electron chi connectivity index (χ0n) is 14.1. The van der Waals surface area contributed by atoms with E-state index in [4.69, 9.17) is 0 Å². The van der Waals surface area contributed by atoms with Gasteiger partial charge in [0.25, 0.3) is 5.91 Å². The number of nitrogens with zero attached hydrogens (tertiary/aromatic N) is 3. The van der Waals surface area contributed by atoms with E-state index in [1.807, 2.05) is 18.3 Å². The van der Waals surface area contributed by atoms with Crippen LogP contribution in [0.3, 0.4) is 0 Å². The summed E-state index contributed by atoms with van der Waals surface area (Å²) < 4.78 is 0. The highest BCUT2D eigenvalue weighted by Crippen LogP contribution is 2.17. The number of aryl methyl sites for hydroxylation is 1. The molecule has 0 atom stereocenters. The lowest BCUT2D eigenvalue weighted by atomic mass is 10.0. The minimum absolute atomic E-state index is 0.0260. The Kier molecular flexibility index (Phi) is 5.93. The molecule has 6 heteroatoms. The van der Waals surface area contributed by atoms with Crippen molar-refractivity contribution in [1.82, 2.24) is 20.2 Å². The Morgan fingerprint density at radius 3 is 2.88 bits per heavy atom. The maximum Gasteiger partial charge on any atom is 0.263 e. The van der Waals surface area contributed by atoms with Gasteiger partial charge in [0.1, 0.15) is 4.88 Å². The number of pyridine rings is 1. The third kappa shape index (κ3) is 4.61. The van der Waals surface area contributed by atoms with E-state index in [-0.39, 0.29) is 11.9 Å². The fourth-order valence-corrected chi connectivity index (χ4v) is 3.88. The maximum atomic E-state index is 12.3. The first-order valence-electron chi connectivity index (χ1n) is 8.62. The van der Waals surface area contributed by atoms with Crippen molar-refractivity contribution in [1.29, 1.82) is 0 Å². The second kappa shape index (κ2) is 8.35. The quantitative estimate of drug-likeness (QED) is 0.875. The van der Waals surface area contributed by atoms with Gasteiger partial charge in [-0.2, -0.15) is 0 Å². The number of likely N-dealkylation sites (tertiary alicyclic amines) is 1. The van der Waals surface area contributed by atoms with Gasteiger partial charge in [0.05, 0.1) is 16.9 Å². The molecule has 1 saturated heterocycles. The lowest BCUT2D eigenvalue weighted by Gasteiger charge is -2.32. The summed E-state index contributed by atoms with van der Waals surface area (Å²) in [5.41, 5.74) is 1.10. The molecule has 1 N–H and O–H groups in total. The molecular weight excluding hydrogens is 320 g/mol. The number of hydrogen-bond donors (Lipinski definition) is 1. The largest absolute Gasteiger partial charge is 0.348 e. The number of carbonyl (C=O) groups is 1. The van der Waals surface area contributed by atoms with Crippen molar-refractivity contribution < 1.29 is 4.79 Å². The molecule has 0 aromatic carbocycles. The van der Waals surface area contributed by atoms with E-state index in [1.165, 1.54) is 11.3 Å². The molecule has 5 nitrogen and oxygen atoms in total. The molecule has 0 unspecified atom stereocenters. The van der Waals surface area contributed by atoms with Gasteiger partial charge in [0.15, 0.2) is 0 Å². The SMILES string of the molecule is CCCc1ncc(C(=O)NC2CCN(Cc3ccccn3)CC2)s1. The van der Waals surface area contributed by atoms with E-state index >= 15 is 0 Å². The van der Waals surface area contributed by atoms with E-state index in [0.717, 1.165) is 60.9 Å². The van der Waals surface area contributed by atoms with Crippen molar-refractivity contribution in [2.45, 2.75) is 45.2 Å². The zero-order valence-corrected chi connectivity index (χ0v) is 14.9. The summed E-state index contributed by atoms with van der Waals surface area (Å²) in [5, 5.41) is 4.21. The molecule has 0 saturated carbocycles. The van der Waals surface area contributed by atoms with Crippen LogP contribution in [0, 0.1) is 0 Å². The minimum Gasteiger partial charge on any atom is -0.348 e. The van der Waals surface area contributed by atoms with Gasteiger partial charge in [0.2, 0.25) is 0 Å². The first-order valence-corrected chi connectivity index (χ1v) is 9.44. The Morgan fingerprint density at radius 2 is 2.17 bits per heavy atom. The predicted octanol–water partition coefficient (Wildman–Crippen LogP) is 2.89. The number of aromatic nitrogens is 2. The summed E-state index contributed by atoms with van der Waals surface area (Å²) in [4.78, 5) is 24.2. The third-order valence-electron chi connectivity index (χ3n) is 4.28. The number of rotatable bonds is 6. The molecule has 24 heavy (non-hydrogen) atoms. The molecule has 3 rings (SSSR count). The van der Waals surface area contributed by atoms with Crippen LogP contribution in [-0.4, -0.2) is 39.9 Å². The van der Waals surface area contributed by atoms with Crippen LogP contribution in [-0.2, 0) is 13.0 Å². The van der Waals surface area contributed by atoms with E-state index in [0.29, 0.717) is 0 Å². The van der Waals surface area contributed by atoms with E-state index in [9.17, 15) is 4.79 Å². The zero-order chi connectivity index (χ0) is 16.8. The second-order valence-corrected chi connectivity index (χ2v) is 7.33. The molecule has 0 aliphatic carbocycles. The molecule has 1 aliphatic rings. The monoisotopic (exact) mass is 344 g/mol.